The van der Waals surface area contributed by atoms with Gasteiger partial charge in [-0.1, -0.05) is 13.3 Å². The highest BCUT2D eigenvalue weighted by molar-refractivity contribution is 7.07. The second kappa shape index (κ2) is 7.41. The second-order valence-corrected chi connectivity index (χ2v) is 4.64. The lowest BCUT2D eigenvalue weighted by molar-refractivity contribution is -0.120. The van der Waals surface area contributed by atoms with E-state index in [2.05, 4.69) is 41.3 Å². The number of hydrogen-bond acceptors (Lipinski definition) is 3. The Labute approximate surface area is 101 Å². The summed E-state index contributed by atoms with van der Waals surface area (Å²) in [4.78, 5) is 11.4. The van der Waals surface area contributed by atoms with E-state index in [1.807, 2.05) is 0 Å². The van der Waals surface area contributed by atoms with Crippen LogP contribution in [0.15, 0.2) is 16.8 Å². The summed E-state index contributed by atoms with van der Waals surface area (Å²) in [5.74, 6) is 0.0792. The van der Waals surface area contributed by atoms with Crippen LogP contribution in [-0.4, -0.2) is 19.0 Å². The highest BCUT2D eigenvalue weighted by Crippen LogP contribution is 2.14. The van der Waals surface area contributed by atoms with E-state index < -0.39 is 0 Å². The Morgan fingerprint density at radius 3 is 3.00 bits per heavy atom. The number of nitrogens with one attached hydrogen (secondary N) is 2. The SMILES string of the molecule is CCCCNC(=O)CNC(C)c1ccsc1. The Morgan fingerprint density at radius 2 is 2.38 bits per heavy atom. The molecule has 1 unspecified atom stereocenters. The zero-order valence-corrected chi connectivity index (χ0v) is 10.8. The van der Waals surface area contributed by atoms with Gasteiger partial charge >= 0.3 is 0 Å². The fourth-order valence-electron chi connectivity index (χ4n) is 1.35. The van der Waals surface area contributed by atoms with Crippen LogP contribution in [0.3, 0.4) is 0 Å². The molecule has 16 heavy (non-hydrogen) atoms. The van der Waals surface area contributed by atoms with Gasteiger partial charge in [0.1, 0.15) is 0 Å². The third-order valence-electron chi connectivity index (χ3n) is 2.46. The highest BCUT2D eigenvalue weighted by Gasteiger charge is 2.07. The first-order valence-corrected chi connectivity index (χ1v) is 6.70. The number of unbranched alkanes of at least 4 members (excludes halogenated alkanes) is 1. The quantitative estimate of drug-likeness (QED) is 0.718. The Kier molecular flexibility index (Phi) is 6.11. The van der Waals surface area contributed by atoms with Crippen molar-refractivity contribution in [2.75, 3.05) is 13.1 Å². The van der Waals surface area contributed by atoms with Crippen LogP contribution in [0.25, 0.3) is 0 Å². The van der Waals surface area contributed by atoms with E-state index >= 15 is 0 Å². The summed E-state index contributed by atoms with van der Waals surface area (Å²) >= 11 is 1.68. The third kappa shape index (κ3) is 4.77. The van der Waals surface area contributed by atoms with Gasteiger partial charge in [-0.3, -0.25) is 4.79 Å². The molecule has 0 saturated heterocycles. The highest BCUT2D eigenvalue weighted by atomic mass is 32.1. The first-order valence-electron chi connectivity index (χ1n) is 5.76. The van der Waals surface area contributed by atoms with Crippen LogP contribution in [-0.2, 0) is 4.79 Å². The molecular formula is C12H20N2OS. The number of hydrogen-bond donors (Lipinski definition) is 2. The van der Waals surface area contributed by atoms with Gasteiger partial charge in [-0.25, -0.2) is 0 Å². The molecule has 1 aromatic heterocycles. The van der Waals surface area contributed by atoms with Gasteiger partial charge in [0.25, 0.3) is 0 Å². The maximum absolute atomic E-state index is 11.4. The summed E-state index contributed by atoms with van der Waals surface area (Å²) in [6, 6.07) is 2.32. The number of rotatable bonds is 7. The van der Waals surface area contributed by atoms with E-state index in [0.717, 1.165) is 19.4 Å². The van der Waals surface area contributed by atoms with Crippen LogP contribution in [0.2, 0.25) is 0 Å². The van der Waals surface area contributed by atoms with Crippen LogP contribution >= 0.6 is 11.3 Å². The number of carbonyl (C=O) groups excluding carboxylic acids is 1. The normalized spacial score (nSPS) is 12.4. The lowest BCUT2D eigenvalue weighted by atomic mass is 10.2. The minimum atomic E-state index is 0.0792. The van der Waals surface area contributed by atoms with E-state index in [9.17, 15) is 4.79 Å². The summed E-state index contributed by atoms with van der Waals surface area (Å²) < 4.78 is 0. The molecule has 0 fully saturated rings. The Bertz CT molecular complexity index is 298. The molecule has 4 heteroatoms. The van der Waals surface area contributed by atoms with Crippen molar-refractivity contribution < 1.29 is 4.79 Å². The van der Waals surface area contributed by atoms with Crippen LogP contribution in [0.5, 0.6) is 0 Å². The predicted molar refractivity (Wildman–Crippen MR) is 68.7 cm³/mol. The topological polar surface area (TPSA) is 41.1 Å². The van der Waals surface area contributed by atoms with Gasteiger partial charge < -0.3 is 10.6 Å². The van der Waals surface area contributed by atoms with Crippen LogP contribution < -0.4 is 10.6 Å². The summed E-state index contributed by atoms with van der Waals surface area (Å²) in [7, 11) is 0. The average Bonchev–Trinajstić information content (AvgIpc) is 2.79. The fraction of sp³-hybridized carbons (Fsp3) is 0.583. The summed E-state index contributed by atoms with van der Waals surface area (Å²) in [5, 5.41) is 10.2. The molecule has 3 nitrogen and oxygen atoms in total. The zero-order valence-electron chi connectivity index (χ0n) is 9.95. The van der Waals surface area contributed by atoms with Gasteiger partial charge in [-0.05, 0) is 35.7 Å². The minimum Gasteiger partial charge on any atom is -0.355 e. The van der Waals surface area contributed by atoms with Gasteiger partial charge in [-0.2, -0.15) is 11.3 Å². The standard InChI is InChI=1S/C12H20N2OS/c1-3-4-6-13-12(15)8-14-10(2)11-5-7-16-9-11/h5,7,9-10,14H,3-4,6,8H2,1-2H3,(H,13,15). The van der Waals surface area contributed by atoms with Crippen molar-refractivity contribution in [3.8, 4) is 0 Å². The lowest BCUT2D eigenvalue weighted by Crippen LogP contribution is -2.35. The Morgan fingerprint density at radius 1 is 1.56 bits per heavy atom. The van der Waals surface area contributed by atoms with Crippen LogP contribution in [0, 0.1) is 0 Å². The first-order chi connectivity index (χ1) is 7.74. The summed E-state index contributed by atoms with van der Waals surface area (Å²) in [6.45, 7) is 5.36. The van der Waals surface area contributed by atoms with Crippen molar-refractivity contribution in [1.29, 1.82) is 0 Å². The molecule has 1 amide bonds. The largest absolute Gasteiger partial charge is 0.355 e. The smallest absolute Gasteiger partial charge is 0.233 e. The molecule has 0 saturated carbocycles. The Balaban J connectivity index is 2.16. The maximum Gasteiger partial charge on any atom is 0.233 e. The minimum absolute atomic E-state index is 0.0792. The molecular weight excluding hydrogens is 220 g/mol. The van der Waals surface area contributed by atoms with Crippen LogP contribution in [0.1, 0.15) is 38.3 Å². The molecule has 2 N–H and O–H groups in total. The molecule has 0 bridgehead atoms. The average molecular weight is 240 g/mol. The van der Waals surface area contributed by atoms with E-state index in [1.54, 1.807) is 11.3 Å². The van der Waals surface area contributed by atoms with Crippen molar-refractivity contribution >= 4 is 17.2 Å². The monoisotopic (exact) mass is 240 g/mol. The van der Waals surface area contributed by atoms with Gasteiger partial charge in [0.05, 0.1) is 6.54 Å². The molecule has 1 rings (SSSR count). The molecule has 1 aromatic rings. The van der Waals surface area contributed by atoms with Crippen molar-refractivity contribution in [2.45, 2.75) is 32.7 Å². The first kappa shape index (κ1) is 13.2. The third-order valence-corrected chi connectivity index (χ3v) is 3.17. The molecule has 0 aliphatic rings. The van der Waals surface area contributed by atoms with E-state index in [1.165, 1.54) is 5.56 Å². The second-order valence-electron chi connectivity index (χ2n) is 3.86. The molecule has 1 heterocycles. The lowest BCUT2D eigenvalue weighted by Gasteiger charge is -2.12. The van der Waals surface area contributed by atoms with E-state index in [4.69, 9.17) is 0 Å². The van der Waals surface area contributed by atoms with Crippen molar-refractivity contribution in [2.24, 2.45) is 0 Å². The number of amides is 1. The Hall–Kier alpha value is -0.870. The molecule has 1 atom stereocenters. The molecule has 0 aliphatic heterocycles. The fourth-order valence-corrected chi connectivity index (χ4v) is 2.11. The van der Waals surface area contributed by atoms with Gasteiger partial charge in [-0.15, -0.1) is 0 Å². The molecule has 0 radical (unpaired) electrons. The van der Waals surface area contributed by atoms with Gasteiger partial charge in [0, 0.05) is 12.6 Å². The predicted octanol–water partition coefficient (Wildman–Crippen LogP) is 2.32. The van der Waals surface area contributed by atoms with Crippen molar-refractivity contribution in [1.82, 2.24) is 10.6 Å². The van der Waals surface area contributed by atoms with Crippen molar-refractivity contribution in [3.63, 3.8) is 0 Å². The summed E-state index contributed by atoms with van der Waals surface area (Å²) in [6.07, 6.45) is 2.16. The summed E-state index contributed by atoms with van der Waals surface area (Å²) in [5.41, 5.74) is 1.24. The number of thiophene rings is 1. The van der Waals surface area contributed by atoms with Crippen molar-refractivity contribution in [3.05, 3.63) is 22.4 Å². The molecule has 0 aromatic carbocycles. The molecule has 90 valence electrons. The van der Waals surface area contributed by atoms with E-state index in [0.29, 0.717) is 6.54 Å². The maximum atomic E-state index is 11.4. The van der Waals surface area contributed by atoms with E-state index in [-0.39, 0.29) is 11.9 Å². The zero-order chi connectivity index (χ0) is 11.8. The molecule has 0 spiro atoms. The number of carbonyl (C=O) groups is 1. The van der Waals surface area contributed by atoms with Crippen LogP contribution in [0.4, 0.5) is 0 Å². The van der Waals surface area contributed by atoms with Gasteiger partial charge in [0.2, 0.25) is 5.91 Å². The molecule has 0 aliphatic carbocycles. The van der Waals surface area contributed by atoms with Gasteiger partial charge in [0.15, 0.2) is 0 Å².